The number of hydrogen-bond donors (Lipinski definition) is 0. The molecule has 0 aromatic rings. The van der Waals surface area contributed by atoms with Crippen LogP contribution in [0.15, 0.2) is 0 Å². The van der Waals surface area contributed by atoms with Crippen LogP contribution in [-0.4, -0.2) is 24.5 Å². The van der Waals surface area contributed by atoms with Crippen LogP contribution in [0.25, 0.3) is 0 Å². The van der Waals surface area contributed by atoms with Crippen LogP contribution in [0.4, 0.5) is 0 Å². The molecule has 0 aromatic heterocycles. The first-order valence-corrected chi connectivity index (χ1v) is 4.22. The molecule has 0 N–H and O–H groups in total. The van der Waals surface area contributed by atoms with E-state index >= 15 is 0 Å². The Morgan fingerprint density at radius 1 is 0.929 bits per heavy atom. The fourth-order valence-electron chi connectivity index (χ4n) is 0.448. The lowest BCUT2D eigenvalue weighted by Gasteiger charge is -1.93. The van der Waals surface area contributed by atoms with Crippen LogP contribution in [0.2, 0.25) is 0 Å². The Balaban J connectivity index is 0. The molecule has 0 heterocycles. The molecule has 0 atom stereocenters. The standard InChI is InChI=1S/C5H10O2.C4H6O3/c1-3-4-7-5(2)6;1-3(5)7-4(2)6/h3-4H2,1-2H3;1-2H3. The van der Waals surface area contributed by atoms with E-state index < -0.39 is 11.9 Å². The largest absolute Gasteiger partial charge is 0.466 e. The van der Waals surface area contributed by atoms with Crippen molar-refractivity contribution in [3.8, 4) is 0 Å². The van der Waals surface area contributed by atoms with Gasteiger partial charge in [0.1, 0.15) is 0 Å². The lowest BCUT2D eigenvalue weighted by molar-refractivity contribution is -0.156. The van der Waals surface area contributed by atoms with Gasteiger partial charge in [0.05, 0.1) is 6.61 Å². The number of rotatable bonds is 2. The Labute approximate surface area is 83.4 Å². The number of carbonyl (C=O) groups is 3. The number of hydrogen-bond acceptors (Lipinski definition) is 5. The van der Waals surface area contributed by atoms with Gasteiger partial charge in [0.15, 0.2) is 0 Å². The lowest BCUT2D eigenvalue weighted by atomic mass is 10.5. The fourth-order valence-corrected chi connectivity index (χ4v) is 0.448. The Morgan fingerprint density at radius 2 is 1.36 bits per heavy atom. The van der Waals surface area contributed by atoms with Crippen LogP contribution >= 0.6 is 0 Å². The Kier molecular flexibility index (Phi) is 10.5. The normalized spacial score (nSPS) is 8.00. The van der Waals surface area contributed by atoms with Gasteiger partial charge in [-0.05, 0) is 6.42 Å². The van der Waals surface area contributed by atoms with Crippen molar-refractivity contribution < 1.29 is 23.9 Å². The maximum Gasteiger partial charge on any atom is 0.310 e. The average molecular weight is 204 g/mol. The highest BCUT2D eigenvalue weighted by Gasteiger charge is 1.93. The molecule has 0 unspecified atom stereocenters. The van der Waals surface area contributed by atoms with Crippen molar-refractivity contribution in [1.29, 1.82) is 0 Å². The third kappa shape index (κ3) is 22.4. The van der Waals surface area contributed by atoms with E-state index in [9.17, 15) is 14.4 Å². The van der Waals surface area contributed by atoms with Crippen molar-refractivity contribution >= 4 is 17.9 Å². The topological polar surface area (TPSA) is 69.7 Å². The molecule has 0 saturated heterocycles. The Bertz CT molecular complexity index is 185. The monoisotopic (exact) mass is 204 g/mol. The summed E-state index contributed by atoms with van der Waals surface area (Å²) in [6.45, 7) is 6.29. The summed E-state index contributed by atoms with van der Waals surface area (Å²) in [5, 5.41) is 0. The third-order valence-electron chi connectivity index (χ3n) is 0.797. The van der Waals surface area contributed by atoms with Crippen LogP contribution in [0, 0.1) is 0 Å². The second-order valence-corrected chi connectivity index (χ2v) is 2.43. The molecule has 0 aliphatic rings. The van der Waals surface area contributed by atoms with Gasteiger partial charge in [-0.1, -0.05) is 6.92 Å². The molecule has 5 heteroatoms. The predicted molar refractivity (Wildman–Crippen MR) is 49.4 cm³/mol. The van der Waals surface area contributed by atoms with Gasteiger partial charge in [0.25, 0.3) is 0 Å². The van der Waals surface area contributed by atoms with Crippen molar-refractivity contribution in [2.45, 2.75) is 34.1 Å². The maximum atomic E-state index is 9.98. The van der Waals surface area contributed by atoms with Gasteiger partial charge in [-0.25, -0.2) is 0 Å². The highest BCUT2D eigenvalue weighted by molar-refractivity contribution is 5.82. The summed E-state index contributed by atoms with van der Waals surface area (Å²) in [4.78, 5) is 29.6. The molecular formula is C9H16O5. The third-order valence-corrected chi connectivity index (χ3v) is 0.797. The highest BCUT2D eigenvalue weighted by atomic mass is 16.6. The summed E-state index contributed by atoms with van der Waals surface area (Å²) in [6, 6.07) is 0. The first kappa shape index (κ1) is 15.1. The van der Waals surface area contributed by atoms with Crippen LogP contribution in [-0.2, 0) is 23.9 Å². The van der Waals surface area contributed by atoms with Crippen LogP contribution < -0.4 is 0 Å². The summed E-state index contributed by atoms with van der Waals surface area (Å²) in [6.07, 6.45) is 0.902. The van der Waals surface area contributed by atoms with Crippen molar-refractivity contribution in [3.63, 3.8) is 0 Å². The Hall–Kier alpha value is -1.39. The molecule has 82 valence electrons. The molecule has 5 nitrogen and oxygen atoms in total. The zero-order valence-corrected chi connectivity index (χ0v) is 8.96. The number of ether oxygens (including phenoxy) is 2. The van der Waals surface area contributed by atoms with Crippen LogP contribution in [0.1, 0.15) is 34.1 Å². The van der Waals surface area contributed by atoms with E-state index in [0.717, 1.165) is 6.42 Å². The molecule has 0 amide bonds. The summed E-state index contributed by atoms with van der Waals surface area (Å²) in [5.74, 6) is -1.32. The maximum absolute atomic E-state index is 9.98. The quantitative estimate of drug-likeness (QED) is 0.496. The number of esters is 3. The summed E-state index contributed by atoms with van der Waals surface area (Å²) in [5.41, 5.74) is 0. The molecule has 0 aliphatic carbocycles. The smallest absolute Gasteiger partial charge is 0.310 e. The second kappa shape index (κ2) is 9.70. The molecular weight excluding hydrogens is 188 g/mol. The van der Waals surface area contributed by atoms with Crippen LogP contribution in [0.5, 0.6) is 0 Å². The fraction of sp³-hybridized carbons (Fsp3) is 0.667. The average Bonchev–Trinajstić information content (AvgIpc) is 1.99. The SMILES string of the molecule is CC(=O)OC(C)=O.CCCOC(C)=O. The van der Waals surface area contributed by atoms with Crippen molar-refractivity contribution in [2.75, 3.05) is 6.61 Å². The van der Waals surface area contributed by atoms with E-state index in [-0.39, 0.29) is 5.97 Å². The first-order valence-electron chi connectivity index (χ1n) is 4.22. The van der Waals surface area contributed by atoms with E-state index in [2.05, 4.69) is 9.47 Å². The van der Waals surface area contributed by atoms with Gasteiger partial charge >= 0.3 is 17.9 Å². The molecule has 0 radical (unpaired) electrons. The molecule has 0 fully saturated rings. The molecule has 0 bridgehead atoms. The van der Waals surface area contributed by atoms with Gasteiger partial charge in [-0.2, -0.15) is 0 Å². The zero-order valence-electron chi connectivity index (χ0n) is 8.96. The van der Waals surface area contributed by atoms with Crippen LogP contribution in [0.3, 0.4) is 0 Å². The first-order chi connectivity index (χ1) is 6.40. The molecule has 14 heavy (non-hydrogen) atoms. The van der Waals surface area contributed by atoms with Crippen molar-refractivity contribution in [2.24, 2.45) is 0 Å². The Morgan fingerprint density at radius 3 is 1.43 bits per heavy atom. The van der Waals surface area contributed by atoms with Gasteiger partial charge in [0.2, 0.25) is 0 Å². The van der Waals surface area contributed by atoms with Gasteiger partial charge in [0, 0.05) is 20.8 Å². The second-order valence-electron chi connectivity index (χ2n) is 2.43. The van der Waals surface area contributed by atoms with Gasteiger partial charge in [-0.15, -0.1) is 0 Å². The molecule has 0 saturated carbocycles. The zero-order chi connectivity index (χ0) is 11.6. The summed E-state index contributed by atoms with van der Waals surface area (Å²) in [7, 11) is 0. The molecule has 0 aliphatic heterocycles. The van der Waals surface area contributed by atoms with E-state index in [1.165, 1.54) is 20.8 Å². The minimum Gasteiger partial charge on any atom is -0.466 e. The van der Waals surface area contributed by atoms with E-state index in [0.29, 0.717) is 6.61 Å². The molecule has 0 rings (SSSR count). The van der Waals surface area contributed by atoms with Crippen molar-refractivity contribution in [3.05, 3.63) is 0 Å². The minimum absolute atomic E-state index is 0.193. The lowest BCUT2D eigenvalue weighted by Crippen LogP contribution is -2.03. The van der Waals surface area contributed by atoms with E-state index in [1.54, 1.807) is 0 Å². The van der Waals surface area contributed by atoms with E-state index in [4.69, 9.17) is 0 Å². The van der Waals surface area contributed by atoms with Gasteiger partial charge in [-0.3, -0.25) is 14.4 Å². The van der Waals surface area contributed by atoms with E-state index in [1.807, 2.05) is 6.92 Å². The molecule has 0 spiro atoms. The van der Waals surface area contributed by atoms with Gasteiger partial charge < -0.3 is 9.47 Å². The molecule has 0 aromatic carbocycles. The number of carbonyl (C=O) groups excluding carboxylic acids is 3. The predicted octanol–water partition coefficient (Wildman–Crippen LogP) is 1.06. The minimum atomic E-state index is -0.562. The summed E-state index contributed by atoms with van der Waals surface area (Å²) < 4.78 is 8.52. The highest BCUT2D eigenvalue weighted by Crippen LogP contribution is 1.78. The summed E-state index contributed by atoms with van der Waals surface area (Å²) >= 11 is 0. The van der Waals surface area contributed by atoms with Crippen molar-refractivity contribution in [1.82, 2.24) is 0 Å².